The minimum atomic E-state index is -1.23. The minimum Gasteiger partial charge on any atom is -0.380 e. The van der Waals surface area contributed by atoms with Crippen LogP contribution in [0.2, 0.25) is 0 Å². The molecule has 1 aromatic heterocycles. The number of benzene rings is 2. The summed E-state index contributed by atoms with van der Waals surface area (Å²) in [4.78, 5) is 5.87. The van der Waals surface area contributed by atoms with Crippen molar-refractivity contribution in [3.8, 4) is 0 Å². The highest BCUT2D eigenvalue weighted by Crippen LogP contribution is 2.50. The van der Waals surface area contributed by atoms with Gasteiger partial charge in [0.05, 0.1) is 6.04 Å². The first-order chi connectivity index (χ1) is 13.7. The van der Waals surface area contributed by atoms with Gasteiger partial charge in [0.25, 0.3) is 0 Å². The lowest BCUT2D eigenvalue weighted by Crippen LogP contribution is -2.38. The lowest BCUT2D eigenvalue weighted by molar-refractivity contribution is 0.100. The van der Waals surface area contributed by atoms with E-state index in [9.17, 15) is 5.11 Å². The summed E-state index contributed by atoms with van der Waals surface area (Å²) < 4.78 is 0. The topological polar surface area (TPSA) is 32.6 Å². The molecule has 0 aliphatic heterocycles. The highest BCUT2D eigenvalue weighted by atomic mass is 32.1. The van der Waals surface area contributed by atoms with Crippen molar-refractivity contribution >= 4 is 17.6 Å². The van der Waals surface area contributed by atoms with Crippen molar-refractivity contribution in [2.75, 3.05) is 0 Å². The van der Waals surface area contributed by atoms with Crippen LogP contribution in [0.3, 0.4) is 0 Å². The van der Waals surface area contributed by atoms with Crippen molar-refractivity contribution in [3.05, 3.63) is 125 Å². The molecule has 3 aromatic rings. The standard InChI is InChI=1S/C25H22NOS/c1-19(26-18-22-14-9-17-28-22)23-15-8-16-24(23)25(27,20-10-4-2-5-11-20)21-12-6-3-7-13-21/h2-19,27H,1H3/t19-/m1/s1. The molecule has 139 valence electrons. The molecule has 1 aliphatic rings. The van der Waals surface area contributed by atoms with Crippen LogP contribution in [0.15, 0.2) is 83.2 Å². The number of nitrogens with zero attached hydrogens (tertiary/aromatic N) is 1. The maximum absolute atomic E-state index is 12.0. The zero-order chi connectivity index (χ0) is 19.4. The molecular formula is C25H22NOS. The Bertz CT molecular complexity index is 849. The van der Waals surface area contributed by atoms with Gasteiger partial charge < -0.3 is 5.11 Å². The number of hydrogen-bond donors (Lipinski definition) is 1. The molecule has 3 heteroatoms. The molecule has 2 nitrogen and oxygen atoms in total. The molecule has 1 saturated carbocycles. The van der Waals surface area contributed by atoms with Gasteiger partial charge in [0.15, 0.2) is 0 Å². The Balaban J connectivity index is 1.69. The fourth-order valence-electron chi connectivity index (χ4n) is 3.59. The summed E-state index contributed by atoms with van der Waals surface area (Å²) in [6, 6.07) is 23.7. The highest BCUT2D eigenvalue weighted by Gasteiger charge is 2.49. The van der Waals surface area contributed by atoms with Crippen LogP contribution in [0.1, 0.15) is 22.9 Å². The molecule has 1 fully saturated rings. The summed E-state index contributed by atoms with van der Waals surface area (Å²) in [5.41, 5.74) is 0.472. The van der Waals surface area contributed by atoms with Crippen LogP contribution in [0.5, 0.6) is 0 Å². The van der Waals surface area contributed by atoms with Crippen LogP contribution in [0.25, 0.3) is 0 Å². The van der Waals surface area contributed by atoms with Gasteiger partial charge >= 0.3 is 0 Å². The molecule has 5 radical (unpaired) electrons. The first-order valence-corrected chi connectivity index (χ1v) is 10.2. The minimum absolute atomic E-state index is 0.0638. The molecule has 0 bridgehead atoms. The van der Waals surface area contributed by atoms with Crippen molar-refractivity contribution in [3.63, 3.8) is 0 Å². The largest absolute Gasteiger partial charge is 0.380 e. The van der Waals surface area contributed by atoms with Crippen LogP contribution in [-0.4, -0.2) is 17.4 Å². The van der Waals surface area contributed by atoms with Crippen molar-refractivity contribution in [1.82, 2.24) is 0 Å². The van der Waals surface area contributed by atoms with Crippen LogP contribution in [-0.2, 0) is 5.60 Å². The SMILES string of the molecule is C[C@@H](N=Cc1cccs1)[C]1[CH][CH][CH][C]1C(O)(c1ccccc1)c1ccccc1. The van der Waals surface area contributed by atoms with Crippen molar-refractivity contribution in [1.29, 1.82) is 0 Å². The number of rotatable bonds is 6. The van der Waals surface area contributed by atoms with E-state index in [1.54, 1.807) is 11.3 Å². The van der Waals surface area contributed by atoms with Gasteiger partial charge in [-0.15, -0.1) is 11.3 Å². The Morgan fingerprint density at radius 2 is 1.54 bits per heavy atom. The van der Waals surface area contributed by atoms with Crippen molar-refractivity contribution < 1.29 is 5.11 Å². The third-order valence-electron chi connectivity index (χ3n) is 5.04. The molecular weight excluding hydrogens is 362 g/mol. The maximum Gasteiger partial charge on any atom is 0.122 e. The Morgan fingerprint density at radius 1 is 0.893 bits per heavy atom. The number of aliphatic hydroxyl groups is 1. The molecule has 0 spiro atoms. The highest BCUT2D eigenvalue weighted by molar-refractivity contribution is 7.11. The Labute approximate surface area is 171 Å². The normalized spacial score (nSPS) is 17.4. The fraction of sp³-hybridized carbons (Fsp3) is 0.120. The zero-order valence-corrected chi connectivity index (χ0v) is 16.5. The summed E-state index contributed by atoms with van der Waals surface area (Å²) in [5.74, 6) is 1.91. The van der Waals surface area contributed by atoms with Gasteiger partial charge in [0.1, 0.15) is 5.60 Å². The summed E-state index contributed by atoms with van der Waals surface area (Å²) in [6.07, 6.45) is 7.98. The van der Waals surface area contributed by atoms with E-state index < -0.39 is 5.60 Å². The molecule has 1 N–H and O–H groups in total. The van der Waals surface area contributed by atoms with Crippen LogP contribution in [0.4, 0.5) is 0 Å². The quantitative estimate of drug-likeness (QED) is 0.577. The fourth-order valence-corrected chi connectivity index (χ4v) is 4.19. The average molecular weight is 385 g/mol. The second-order valence-electron chi connectivity index (χ2n) is 6.81. The van der Waals surface area contributed by atoms with Gasteiger partial charge in [-0.1, -0.05) is 66.7 Å². The molecule has 0 amide bonds. The van der Waals surface area contributed by atoms with E-state index in [0.29, 0.717) is 0 Å². The number of aliphatic imine (C=N–C) groups is 1. The second kappa shape index (κ2) is 8.42. The van der Waals surface area contributed by atoms with Crippen LogP contribution < -0.4 is 0 Å². The molecule has 2 aromatic carbocycles. The van der Waals surface area contributed by atoms with Gasteiger partial charge in [0, 0.05) is 22.9 Å². The van der Waals surface area contributed by atoms with E-state index >= 15 is 0 Å². The predicted molar refractivity (Wildman–Crippen MR) is 117 cm³/mol. The van der Waals surface area contributed by atoms with Crippen molar-refractivity contribution in [2.45, 2.75) is 18.6 Å². The lowest BCUT2D eigenvalue weighted by Gasteiger charge is -2.38. The molecule has 1 heterocycles. The lowest BCUT2D eigenvalue weighted by atomic mass is 9.70. The van der Waals surface area contributed by atoms with Gasteiger partial charge in [-0.3, -0.25) is 4.99 Å². The van der Waals surface area contributed by atoms with Crippen LogP contribution in [0, 0.1) is 31.1 Å². The maximum atomic E-state index is 12.0. The van der Waals surface area contributed by atoms with Gasteiger partial charge in [-0.2, -0.15) is 0 Å². The van der Waals surface area contributed by atoms with E-state index in [-0.39, 0.29) is 6.04 Å². The van der Waals surface area contributed by atoms with E-state index in [1.165, 1.54) is 0 Å². The number of thiophene rings is 1. The first-order valence-electron chi connectivity index (χ1n) is 9.36. The average Bonchev–Trinajstić information content (AvgIpc) is 3.45. The number of hydrogen-bond acceptors (Lipinski definition) is 3. The summed E-state index contributed by atoms with van der Waals surface area (Å²) in [7, 11) is 0. The smallest absolute Gasteiger partial charge is 0.122 e. The second-order valence-corrected chi connectivity index (χ2v) is 7.79. The van der Waals surface area contributed by atoms with Crippen molar-refractivity contribution in [2.24, 2.45) is 4.99 Å². The summed E-state index contributed by atoms with van der Waals surface area (Å²) >= 11 is 1.67. The monoisotopic (exact) mass is 384 g/mol. The zero-order valence-electron chi connectivity index (χ0n) is 15.7. The van der Waals surface area contributed by atoms with Gasteiger partial charge in [0.2, 0.25) is 0 Å². The predicted octanol–water partition coefficient (Wildman–Crippen LogP) is 5.27. The van der Waals surface area contributed by atoms with Gasteiger partial charge in [-0.25, -0.2) is 0 Å². The summed E-state index contributed by atoms with van der Waals surface area (Å²) in [5, 5.41) is 14.1. The van der Waals surface area contributed by atoms with E-state index in [0.717, 1.165) is 27.8 Å². The Kier molecular flexibility index (Phi) is 5.74. The van der Waals surface area contributed by atoms with Crippen LogP contribution >= 0.6 is 11.3 Å². The first kappa shape index (κ1) is 19.1. The van der Waals surface area contributed by atoms with Gasteiger partial charge in [-0.05, 0) is 48.8 Å². The third kappa shape index (κ3) is 3.69. The molecule has 0 unspecified atom stereocenters. The Morgan fingerprint density at radius 3 is 2.11 bits per heavy atom. The Hall–Kier alpha value is -2.23. The molecule has 1 atom stereocenters. The van der Waals surface area contributed by atoms with E-state index in [4.69, 9.17) is 4.99 Å². The molecule has 1 aliphatic carbocycles. The van der Waals surface area contributed by atoms with E-state index in [2.05, 4.69) is 19.4 Å². The molecule has 28 heavy (non-hydrogen) atoms. The molecule has 4 rings (SSSR count). The molecule has 0 saturated heterocycles. The van der Waals surface area contributed by atoms with E-state index in [1.807, 2.05) is 91.2 Å². The summed E-state index contributed by atoms with van der Waals surface area (Å²) in [6.45, 7) is 2.07. The third-order valence-corrected chi connectivity index (χ3v) is 5.85.